The quantitative estimate of drug-likeness (QED) is 0.933. The van der Waals surface area contributed by atoms with Gasteiger partial charge in [-0.1, -0.05) is 24.3 Å². The van der Waals surface area contributed by atoms with Crippen LogP contribution >= 0.6 is 0 Å². The van der Waals surface area contributed by atoms with Gasteiger partial charge in [0.15, 0.2) is 0 Å². The Morgan fingerprint density at radius 2 is 1.95 bits per heavy atom. The Morgan fingerprint density at radius 3 is 2.60 bits per heavy atom. The molecule has 0 aliphatic rings. The number of hydrogen-bond donors (Lipinski definition) is 1. The minimum absolute atomic E-state index is 0.154. The van der Waals surface area contributed by atoms with Crippen LogP contribution in [0.25, 0.3) is 0 Å². The number of hydrogen-bond acceptors (Lipinski definition) is 3. The van der Waals surface area contributed by atoms with Gasteiger partial charge in [0.2, 0.25) is 0 Å². The number of amides is 1. The highest BCUT2D eigenvalue weighted by molar-refractivity contribution is 5.93. The van der Waals surface area contributed by atoms with Crippen LogP contribution in [0.15, 0.2) is 42.6 Å². The number of aromatic nitrogens is 1. The van der Waals surface area contributed by atoms with Crippen molar-refractivity contribution in [2.24, 2.45) is 0 Å². The molecule has 1 aromatic carbocycles. The fourth-order valence-electron chi connectivity index (χ4n) is 2.10. The number of carbonyl (C=O) groups is 1. The van der Waals surface area contributed by atoms with Gasteiger partial charge in [0.25, 0.3) is 5.91 Å². The molecule has 0 saturated heterocycles. The zero-order chi connectivity index (χ0) is 14.7. The molecule has 20 heavy (non-hydrogen) atoms. The molecule has 0 saturated carbocycles. The zero-order valence-electron chi connectivity index (χ0n) is 11.9. The Balaban J connectivity index is 2.28. The molecule has 104 valence electrons. The van der Waals surface area contributed by atoms with E-state index in [9.17, 15) is 9.90 Å². The molecule has 0 radical (unpaired) electrons. The molecule has 1 unspecified atom stereocenters. The van der Waals surface area contributed by atoms with Crippen LogP contribution in [0.3, 0.4) is 0 Å². The summed E-state index contributed by atoms with van der Waals surface area (Å²) in [6.45, 7) is 3.74. The Hall–Kier alpha value is -2.36. The molecule has 1 amide bonds. The summed E-state index contributed by atoms with van der Waals surface area (Å²) in [4.78, 5) is 18.2. The Morgan fingerprint density at radius 1 is 1.25 bits per heavy atom. The summed E-state index contributed by atoms with van der Waals surface area (Å²) in [6.07, 6.45) is 1.61. The monoisotopic (exact) mass is 270 g/mol. The van der Waals surface area contributed by atoms with Crippen molar-refractivity contribution in [1.82, 2.24) is 9.88 Å². The van der Waals surface area contributed by atoms with Crippen molar-refractivity contribution >= 4 is 5.91 Å². The van der Waals surface area contributed by atoms with E-state index < -0.39 is 0 Å². The maximum atomic E-state index is 12.5. The van der Waals surface area contributed by atoms with E-state index in [1.54, 1.807) is 36.3 Å². The van der Waals surface area contributed by atoms with Crippen LogP contribution in [0.5, 0.6) is 5.75 Å². The number of aryl methyl sites for hydroxylation is 1. The number of para-hydroxylation sites is 1. The second-order valence-corrected chi connectivity index (χ2v) is 4.82. The van der Waals surface area contributed by atoms with E-state index in [0.717, 1.165) is 11.1 Å². The number of phenols is 1. The number of carbonyl (C=O) groups excluding carboxylic acids is 1. The number of benzene rings is 1. The van der Waals surface area contributed by atoms with Crippen molar-refractivity contribution in [2.75, 3.05) is 7.05 Å². The Labute approximate surface area is 118 Å². The molecular formula is C16H18N2O2. The van der Waals surface area contributed by atoms with Crippen LogP contribution in [0.1, 0.15) is 34.6 Å². The van der Waals surface area contributed by atoms with Gasteiger partial charge in [-0.2, -0.15) is 0 Å². The second kappa shape index (κ2) is 5.74. The lowest BCUT2D eigenvalue weighted by atomic mass is 10.1. The highest BCUT2D eigenvalue weighted by Crippen LogP contribution is 2.28. The molecular weight excluding hydrogens is 252 g/mol. The first-order valence-corrected chi connectivity index (χ1v) is 6.49. The standard InChI is InChI=1S/C16H18N2O2/c1-11-7-6-10-17-15(11)16(20)18(3)12(2)13-8-4-5-9-14(13)19/h4-10,12,19H,1-3H3. The lowest BCUT2D eigenvalue weighted by molar-refractivity contribution is 0.0734. The van der Waals surface area contributed by atoms with Gasteiger partial charge in [-0.05, 0) is 31.5 Å². The van der Waals surface area contributed by atoms with Gasteiger partial charge in [-0.3, -0.25) is 9.78 Å². The number of aromatic hydroxyl groups is 1. The molecule has 0 aliphatic carbocycles. The maximum absolute atomic E-state index is 12.5. The third kappa shape index (κ3) is 2.64. The topological polar surface area (TPSA) is 53.4 Å². The number of pyridine rings is 1. The minimum Gasteiger partial charge on any atom is -0.508 e. The highest BCUT2D eigenvalue weighted by atomic mass is 16.3. The SMILES string of the molecule is Cc1cccnc1C(=O)N(C)C(C)c1ccccc1O. The van der Waals surface area contributed by atoms with E-state index in [4.69, 9.17) is 0 Å². The first-order chi connectivity index (χ1) is 9.52. The van der Waals surface area contributed by atoms with Gasteiger partial charge in [0, 0.05) is 18.8 Å². The second-order valence-electron chi connectivity index (χ2n) is 4.82. The third-order valence-corrected chi connectivity index (χ3v) is 3.50. The average molecular weight is 270 g/mol. The minimum atomic E-state index is -0.231. The summed E-state index contributed by atoms with van der Waals surface area (Å²) in [6, 6.07) is 10.5. The lowest BCUT2D eigenvalue weighted by Crippen LogP contribution is -2.30. The van der Waals surface area contributed by atoms with E-state index in [0.29, 0.717) is 5.69 Å². The van der Waals surface area contributed by atoms with E-state index in [-0.39, 0.29) is 17.7 Å². The summed E-state index contributed by atoms with van der Waals surface area (Å²) in [5.41, 5.74) is 2.00. The van der Waals surface area contributed by atoms with Crippen LogP contribution in [0.4, 0.5) is 0 Å². The first kappa shape index (κ1) is 14.1. The van der Waals surface area contributed by atoms with Crippen LogP contribution in [0, 0.1) is 6.92 Å². The van der Waals surface area contributed by atoms with Crippen LogP contribution in [-0.4, -0.2) is 27.9 Å². The maximum Gasteiger partial charge on any atom is 0.272 e. The third-order valence-electron chi connectivity index (χ3n) is 3.50. The van der Waals surface area contributed by atoms with Gasteiger partial charge >= 0.3 is 0 Å². The summed E-state index contributed by atoms with van der Waals surface area (Å²) in [5, 5.41) is 9.88. The van der Waals surface area contributed by atoms with Crippen LogP contribution in [-0.2, 0) is 0 Å². The summed E-state index contributed by atoms with van der Waals surface area (Å²) >= 11 is 0. The van der Waals surface area contributed by atoms with Crippen molar-refractivity contribution in [2.45, 2.75) is 19.9 Å². The van der Waals surface area contributed by atoms with E-state index in [2.05, 4.69) is 4.98 Å². The molecule has 4 nitrogen and oxygen atoms in total. The van der Waals surface area contributed by atoms with Crippen molar-refractivity contribution in [3.8, 4) is 5.75 Å². The molecule has 2 rings (SSSR count). The lowest BCUT2D eigenvalue weighted by Gasteiger charge is -2.26. The van der Waals surface area contributed by atoms with Gasteiger partial charge in [0.05, 0.1) is 6.04 Å². The number of nitrogens with zero attached hydrogens (tertiary/aromatic N) is 2. The van der Waals surface area contributed by atoms with Crippen molar-refractivity contribution in [3.05, 3.63) is 59.4 Å². The van der Waals surface area contributed by atoms with E-state index in [1.807, 2.05) is 32.0 Å². The molecule has 4 heteroatoms. The average Bonchev–Trinajstić information content (AvgIpc) is 2.46. The molecule has 1 aromatic heterocycles. The zero-order valence-corrected chi connectivity index (χ0v) is 11.9. The Bertz CT molecular complexity index is 625. The molecule has 0 bridgehead atoms. The summed E-state index contributed by atoms with van der Waals surface area (Å²) < 4.78 is 0. The molecule has 0 aliphatic heterocycles. The molecule has 1 heterocycles. The molecule has 2 aromatic rings. The van der Waals surface area contributed by atoms with Crippen LogP contribution < -0.4 is 0 Å². The smallest absolute Gasteiger partial charge is 0.272 e. The summed E-state index contributed by atoms with van der Waals surface area (Å²) in [7, 11) is 1.72. The van der Waals surface area contributed by atoms with Gasteiger partial charge in [-0.15, -0.1) is 0 Å². The molecule has 0 fully saturated rings. The number of phenolic OH excluding ortho intramolecular Hbond substituents is 1. The predicted octanol–water partition coefficient (Wildman–Crippen LogP) is 2.93. The fourth-order valence-corrected chi connectivity index (χ4v) is 2.10. The van der Waals surface area contributed by atoms with E-state index in [1.165, 1.54) is 0 Å². The van der Waals surface area contributed by atoms with Gasteiger partial charge in [0.1, 0.15) is 11.4 Å². The normalized spacial score (nSPS) is 11.9. The van der Waals surface area contributed by atoms with E-state index >= 15 is 0 Å². The fraction of sp³-hybridized carbons (Fsp3) is 0.250. The van der Waals surface area contributed by atoms with Crippen LogP contribution in [0.2, 0.25) is 0 Å². The Kier molecular flexibility index (Phi) is 4.03. The molecule has 1 atom stereocenters. The highest BCUT2D eigenvalue weighted by Gasteiger charge is 2.22. The summed E-state index contributed by atoms with van der Waals surface area (Å²) in [5.74, 6) is 0.0382. The predicted molar refractivity (Wildman–Crippen MR) is 77.6 cm³/mol. The van der Waals surface area contributed by atoms with Gasteiger partial charge < -0.3 is 10.0 Å². The molecule has 1 N–H and O–H groups in total. The van der Waals surface area contributed by atoms with Gasteiger partial charge in [-0.25, -0.2) is 0 Å². The number of rotatable bonds is 3. The van der Waals surface area contributed by atoms with Crippen molar-refractivity contribution in [3.63, 3.8) is 0 Å². The molecule has 0 spiro atoms. The largest absolute Gasteiger partial charge is 0.508 e. The van der Waals surface area contributed by atoms with Crippen molar-refractivity contribution < 1.29 is 9.90 Å². The van der Waals surface area contributed by atoms with Crippen molar-refractivity contribution in [1.29, 1.82) is 0 Å². The first-order valence-electron chi connectivity index (χ1n) is 6.49.